The van der Waals surface area contributed by atoms with Crippen molar-refractivity contribution in [2.24, 2.45) is 13.0 Å². The van der Waals surface area contributed by atoms with E-state index in [1.165, 1.54) is 11.8 Å². The van der Waals surface area contributed by atoms with Gasteiger partial charge >= 0.3 is 0 Å². The molecule has 1 saturated heterocycles. The molecule has 0 unspecified atom stereocenters. The Labute approximate surface area is 201 Å². The first-order valence-corrected chi connectivity index (χ1v) is 11.5. The topological polar surface area (TPSA) is 107 Å². The third-order valence-corrected chi connectivity index (χ3v) is 7.35. The minimum Gasteiger partial charge on any atom is -0.543 e. The van der Waals surface area contributed by atoms with Crippen LogP contribution in [0.25, 0.3) is 16.7 Å². The first kappa shape index (κ1) is 21.5. The van der Waals surface area contributed by atoms with Crippen molar-refractivity contribution in [3.63, 3.8) is 0 Å². The van der Waals surface area contributed by atoms with Crippen LogP contribution in [-0.4, -0.2) is 44.4 Å². The van der Waals surface area contributed by atoms with Gasteiger partial charge in [-0.2, -0.15) is 0 Å². The molecule has 0 saturated carbocycles. The summed E-state index contributed by atoms with van der Waals surface area (Å²) >= 11 is 0. The van der Waals surface area contributed by atoms with Crippen LogP contribution in [0.5, 0.6) is 0 Å². The molecular weight excluding hydrogens is 446 g/mol. The van der Waals surface area contributed by atoms with Gasteiger partial charge in [0.15, 0.2) is 5.78 Å². The average molecular weight is 469 g/mol. The lowest BCUT2D eigenvalue weighted by Crippen LogP contribution is -2.62. The van der Waals surface area contributed by atoms with Crippen LogP contribution in [0.1, 0.15) is 40.4 Å². The second kappa shape index (κ2) is 7.48. The molecule has 176 valence electrons. The summed E-state index contributed by atoms with van der Waals surface area (Å²) in [6.45, 7) is 2.02. The van der Waals surface area contributed by atoms with E-state index in [4.69, 9.17) is 0 Å². The molecule has 1 N–H and O–H groups in total. The maximum atomic E-state index is 13.4. The number of ketones is 1. The van der Waals surface area contributed by atoms with Gasteiger partial charge in [-0.25, -0.2) is 9.13 Å². The van der Waals surface area contributed by atoms with Gasteiger partial charge in [0.05, 0.1) is 36.8 Å². The monoisotopic (exact) mass is 469 g/mol. The van der Waals surface area contributed by atoms with Gasteiger partial charge in [-0.1, -0.05) is 24.3 Å². The molecule has 35 heavy (non-hydrogen) atoms. The fourth-order valence-electron chi connectivity index (χ4n) is 5.85. The number of amides is 1. The number of hydrogen-bond acceptors (Lipinski definition) is 5. The van der Waals surface area contributed by atoms with Crippen molar-refractivity contribution in [3.05, 3.63) is 83.1 Å². The lowest BCUT2D eigenvalue weighted by molar-refractivity contribution is -0.671. The van der Waals surface area contributed by atoms with Crippen molar-refractivity contribution in [2.75, 3.05) is 0 Å². The van der Waals surface area contributed by atoms with E-state index >= 15 is 0 Å². The second-order valence-electron chi connectivity index (χ2n) is 9.54. The van der Waals surface area contributed by atoms with Crippen LogP contribution < -0.4 is 9.67 Å². The molecule has 3 heterocycles. The Bertz CT molecular complexity index is 1480. The van der Waals surface area contributed by atoms with Gasteiger partial charge in [-0.15, -0.1) is 0 Å². The van der Waals surface area contributed by atoms with Crippen molar-refractivity contribution in [3.8, 4) is 11.1 Å². The Morgan fingerprint density at radius 2 is 1.94 bits per heavy atom. The van der Waals surface area contributed by atoms with E-state index in [-0.39, 0.29) is 17.9 Å². The minimum atomic E-state index is -1.44. The molecule has 1 aromatic heterocycles. The summed E-state index contributed by atoms with van der Waals surface area (Å²) in [5.41, 5.74) is 4.60. The second-order valence-corrected chi connectivity index (χ2v) is 9.54. The molecular formula is C27H23N3O5. The van der Waals surface area contributed by atoms with Crippen molar-refractivity contribution in [1.82, 2.24) is 9.47 Å². The van der Waals surface area contributed by atoms with E-state index in [2.05, 4.69) is 0 Å². The number of aliphatic hydroxyl groups is 1. The average Bonchev–Trinajstić information content (AvgIpc) is 3.46. The summed E-state index contributed by atoms with van der Waals surface area (Å²) < 4.78 is 3.91. The summed E-state index contributed by atoms with van der Waals surface area (Å²) in [4.78, 5) is 39.4. The van der Waals surface area contributed by atoms with Crippen LogP contribution in [0.15, 0.2) is 60.8 Å². The highest BCUT2D eigenvalue weighted by atomic mass is 16.4. The van der Waals surface area contributed by atoms with Crippen LogP contribution in [0.3, 0.4) is 0 Å². The number of carbonyl (C=O) groups is 3. The smallest absolute Gasteiger partial charge is 0.243 e. The van der Waals surface area contributed by atoms with Crippen molar-refractivity contribution >= 4 is 23.2 Å². The zero-order valence-corrected chi connectivity index (χ0v) is 19.3. The van der Waals surface area contributed by atoms with Gasteiger partial charge < -0.3 is 19.9 Å². The van der Waals surface area contributed by atoms with E-state index in [9.17, 15) is 24.6 Å². The molecule has 2 aliphatic heterocycles. The van der Waals surface area contributed by atoms with Gasteiger partial charge in [0.25, 0.3) is 0 Å². The molecule has 1 fully saturated rings. The molecule has 0 radical (unpaired) electrons. The largest absolute Gasteiger partial charge is 0.543 e. The summed E-state index contributed by atoms with van der Waals surface area (Å²) in [6.07, 6.45) is 5.18. The first-order chi connectivity index (χ1) is 16.8. The number of carboxylic acids is 1. The normalized spacial score (nSPS) is 21.1. The van der Waals surface area contributed by atoms with Gasteiger partial charge in [0, 0.05) is 22.3 Å². The standard InChI is InChI=1S/C27H23N3O5/c1-14(31)22-21-11-19(24(27(34)35)30(21)26(22)33)15-9-16(12-29-8-7-28(2)13-29)23-17-5-3-4-6-18(17)25(32)20(23)10-15/h3-10,13-14,21-22,31H,11-12H2,1-2H3/t14-,21+,22-/m1/s1. The number of rotatable bonds is 5. The number of aliphatic carboxylic acids is 1. The molecule has 3 aromatic rings. The van der Waals surface area contributed by atoms with Crippen molar-refractivity contribution in [1.29, 1.82) is 0 Å². The third-order valence-electron chi connectivity index (χ3n) is 7.35. The zero-order valence-electron chi connectivity index (χ0n) is 19.3. The summed E-state index contributed by atoms with van der Waals surface area (Å²) in [7, 11) is 1.92. The Morgan fingerprint density at radius 3 is 2.60 bits per heavy atom. The van der Waals surface area contributed by atoms with Crippen LogP contribution in [0, 0.1) is 5.92 Å². The van der Waals surface area contributed by atoms with Gasteiger partial charge in [0.2, 0.25) is 12.2 Å². The number of aromatic nitrogens is 2. The molecule has 1 aliphatic carbocycles. The fourth-order valence-corrected chi connectivity index (χ4v) is 5.85. The number of carboxylic acid groups (broad SMARTS) is 1. The lowest BCUT2D eigenvalue weighted by Gasteiger charge is -2.45. The van der Waals surface area contributed by atoms with Crippen LogP contribution in [-0.2, 0) is 23.2 Å². The molecule has 0 bridgehead atoms. The number of hydrogen-bond donors (Lipinski definition) is 1. The summed E-state index contributed by atoms with van der Waals surface area (Å²) in [6, 6.07) is 10.7. The molecule has 8 heteroatoms. The number of nitrogens with zero attached hydrogens (tertiary/aromatic N) is 3. The lowest BCUT2D eigenvalue weighted by atomic mass is 9.82. The predicted octanol–water partition coefficient (Wildman–Crippen LogP) is 0.645. The third kappa shape index (κ3) is 3.03. The fraction of sp³-hybridized carbons (Fsp3) is 0.259. The van der Waals surface area contributed by atoms with Gasteiger partial charge in [-0.3, -0.25) is 9.59 Å². The van der Waals surface area contributed by atoms with Gasteiger partial charge in [-0.05, 0) is 42.2 Å². The number of imidazole rings is 1. The van der Waals surface area contributed by atoms with Crippen LogP contribution >= 0.6 is 0 Å². The molecule has 0 spiro atoms. The van der Waals surface area contributed by atoms with Crippen LogP contribution in [0.2, 0.25) is 0 Å². The molecule has 3 aliphatic rings. The van der Waals surface area contributed by atoms with E-state index in [1.807, 2.05) is 59.2 Å². The van der Waals surface area contributed by atoms with E-state index < -0.39 is 29.9 Å². The van der Waals surface area contributed by atoms with Crippen LogP contribution in [0.4, 0.5) is 0 Å². The number of aryl methyl sites for hydroxylation is 1. The zero-order chi connectivity index (χ0) is 24.6. The minimum absolute atomic E-state index is 0.105. The molecule has 1 amide bonds. The number of carbonyl (C=O) groups excluding carboxylic acids is 3. The van der Waals surface area contributed by atoms with E-state index in [0.29, 0.717) is 28.8 Å². The quantitative estimate of drug-likeness (QED) is 0.341. The van der Waals surface area contributed by atoms with Crippen molar-refractivity contribution in [2.45, 2.75) is 32.0 Å². The molecule has 2 aromatic carbocycles. The van der Waals surface area contributed by atoms with Crippen molar-refractivity contribution < 1.29 is 29.2 Å². The van der Waals surface area contributed by atoms with Gasteiger partial charge in [0.1, 0.15) is 18.9 Å². The SMILES string of the molecule is C[C@@H](O)[C@H]1C(=O)N2C(C(=O)[O-])=C(c3cc(Cn4cc[n+](C)c4)c4c(c3)C(=O)c3ccccc3-4)C[C@@H]12. The Morgan fingerprint density at radius 1 is 1.20 bits per heavy atom. The highest BCUT2D eigenvalue weighted by Crippen LogP contribution is 2.48. The number of benzene rings is 2. The summed E-state index contributed by atoms with van der Waals surface area (Å²) in [5.74, 6) is -2.61. The molecule has 6 rings (SSSR count). The maximum absolute atomic E-state index is 13.4. The molecule has 3 atom stereocenters. The predicted molar refractivity (Wildman–Crippen MR) is 122 cm³/mol. The van der Waals surface area contributed by atoms with E-state index in [0.717, 1.165) is 16.7 Å². The number of aliphatic hydroxyl groups excluding tert-OH is 1. The Hall–Kier alpha value is -4.04. The molecule has 8 nitrogen and oxygen atoms in total. The summed E-state index contributed by atoms with van der Waals surface area (Å²) in [5, 5.41) is 22.2. The Balaban J connectivity index is 1.53. The van der Waals surface area contributed by atoms with E-state index in [1.54, 1.807) is 12.1 Å². The highest BCUT2D eigenvalue weighted by molar-refractivity contribution is 6.22. The maximum Gasteiger partial charge on any atom is 0.243 e. The highest BCUT2D eigenvalue weighted by Gasteiger charge is 2.55. The first-order valence-electron chi connectivity index (χ1n) is 11.5. The number of fused-ring (bicyclic) bond motifs is 4. The Kier molecular flexibility index (Phi) is 4.59. The number of β-lactam (4-membered cyclic amide) rings is 1.